The summed E-state index contributed by atoms with van der Waals surface area (Å²) in [6.07, 6.45) is 7.42. The predicted molar refractivity (Wildman–Crippen MR) is 131 cm³/mol. The van der Waals surface area contributed by atoms with Gasteiger partial charge in [0.15, 0.2) is 0 Å². The fourth-order valence-corrected chi connectivity index (χ4v) is 5.64. The minimum Gasteiger partial charge on any atom is -0.361 e. The number of carbonyl (C=O) groups excluding carboxylic acids is 2. The normalized spacial score (nSPS) is 20.2. The number of rotatable bonds is 5. The van der Waals surface area contributed by atoms with Gasteiger partial charge in [0.2, 0.25) is 11.8 Å². The second-order valence-electron chi connectivity index (χ2n) is 9.60. The maximum atomic E-state index is 13.4. The van der Waals surface area contributed by atoms with Gasteiger partial charge >= 0.3 is 0 Å². The predicted octanol–water partition coefficient (Wildman–Crippen LogP) is 4.78. The van der Waals surface area contributed by atoms with E-state index in [2.05, 4.69) is 28.1 Å². The third-order valence-electron chi connectivity index (χ3n) is 7.52. The number of piperidine rings is 1. The fourth-order valence-electron chi connectivity index (χ4n) is 5.64. The number of likely N-dealkylation sites (tertiary alicyclic amines) is 2. The van der Waals surface area contributed by atoms with E-state index in [1.165, 1.54) is 5.56 Å². The first-order valence-electron chi connectivity index (χ1n) is 12.3. The van der Waals surface area contributed by atoms with Gasteiger partial charge in [-0.1, -0.05) is 55.0 Å². The van der Waals surface area contributed by atoms with E-state index < -0.39 is 0 Å². The molecule has 0 aliphatic carbocycles. The van der Waals surface area contributed by atoms with Crippen molar-refractivity contribution in [1.29, 1.82) is 0 Å². The van der Waals surface area contributed by atoms with Crippen molar-refractivity contribution in [3.05, 3.63) is 71.9 Å². The highest BCUT2D eigenvalue weighted by Crippen LogP contribution is 2.33. The quantitative estimate of drug-likeness (QED) is 0.617. The summed E-state index contributed by atoms with van der Waals surface area (Å²) in [7, 11) is 0. The van der Waals surface area contributed by atoms with Crippen LogP contribution in [-0.4, -0.2) is 46.2 Å². The van der Waals surface area contributed by atoms with E-state index in [-0.39, 0.29) is 11.8 Å². The van der Waals surface area contributed by atoms with Crippen molar-refractivity contribution in [2.24, 2.45) is 11.8 Å². The largest absolute Gasteiger partial charge is 0.361 e. The van der Waals surface area contributed by atoms with Crippen LogP contribution in [0.4, 0.5) is 0 Å². The number of H-pyrrole nitrogens is 1. The van der Waals surface area contributed by atoms with Gasteiger partial charge in [-0.25, -0.2) is 0 Å². The number of para-hydroxylation sites is 1. The molecule has 0 bridgehead atoms. The van der Waals surface area contributed by atoms with Crippen molar-refractivity contribution in [2.45, 2.75) is 45.1 Å². The lowest BCUT2D eigenvalue weighted by Gasteiger charge is -2.36. The lowest BCUT2D eigenvalue weighted by atomic mass is 9.81. The molecule has 2 saturated heterocycles. The molecule has 2 fully saturated rings. The molecule has 5 rings (SSSR count). The van der Waals surface area contributed by atoms with E-state index in [0.717, 1.165) is 68.2 Å². The molecule has 1 aromatic heterocycles. The molecule has 3 heterocycles. The third kappa shape index (κ3) is 4.82. The Morgan fingerprint density at radius 3 is 2.48 bits per heavy atom. The van der Waals surface area contributed by atoms with Crippen LogP contribution in [0.1, 0.15) is 43.2 Å². The zero-order chi connectivity index (χ0) is 22.6. The molecule has 172 valence electrons. The molecule has 0 radical (unpaired) electrons. The fraction of sp³-hybridized carbons (Fsp3) is 0.429. The number of hydrogen-bond acceptors (Lipinski definition) is 2. The van der Waals surface area contributed by atoms with Gasteiger partial charge in [0.05, 0.1) is 6.42 Å². The average molecular weight is 444 g/mol. The molecule has 2 amide bonds. The molecule has 0 spiro atoms. The van der Waals surface area contributed by atoms with Crippen LogP contribution >= 0.6 is 0 Å². The number of fused-ring (bicyclic) bond motifs is 1. The number of benzene rings is 2. The van der Waals surface area contributed by atoms with E-state index in [0.29, 0.717) is 24.8 Å². The molecule has 5 nitrogen and oxygen atoms in total. The Morgan fingerprint density at radius 1 is 0.909 bits per heavy atom. The number of nitrogens with zero attached hydrogens (tertiary/aromatic N) is 2. The smallest absolute Gasteiger partial charge is 0.227 e. The minimum atomic E-state index is 0.0991. The van der Waals surface area contributed by atoms with Crippen molar-refractivity contribution >= 4 is 22.7 Å². The Kier molecular flexibility index (Phi) is 6.47. The van der Waals surface area contributed by atoms with E-state index in [1.54, 1.807) is 0 Å². The Bertz CT molecular complexity index is 1100. The Hall–Kier alpha value is -3.08. The standard InChI is InChI=1S/C28H33N3O2/c32-27(18-23-19-29-26-12-5-4-10-24(23)26)30-16-13-22(14-17-30)25-11-6-7-15-31(28(25)33)20-21-8-2-1-3-9-21/h1-5,8-10,12,19,22,25,29H,6-7,11,13-18,20H2/t25-/m1/s1. The van der Waals surface area contributed by atoms with E-state index in [9.17, 15) is 9.59 Å². The number of amides is 2. The van der Waals surface area contributed by atoms with Gasteiger partial charge in [-0.05, 0) is 48.8 Å². The zero-order valence-electron chi connectivity index (χ0n) is 19.2. The Balaban J connectivity index is 1.19. The number of aromatic amines is 1. The van der Waals surface area contributed by atoms with Crippen molar-refractivity contribution < 1.29 is 9.59 Å². The highest BCUT2D eigenvalue weighted by Gasteiger charge is 2.35. The summed E-state index contributed by atoms with van der Waals surface area (Å²) in [5, 5.41) is 1.13. The number of hydrogen-bond donors (Lipinski definition) is 1. The highest BCUT2D eigenvalue weighted by atomic mass is 16.2. The first kappa shape index (κ1) is 21.7. The summed E-state index contributed by atoms with van der Waals surface area (Å²) in [4.78, 5) is 33.8. The van der Waals surface area contributed by atoms with Crippen LogP contribution in [0, 0.1) is 11.8 Å². The van der Waals surface area contributed by atoms with Gasteiger partial charge in [0, 0.05) is 49.2 Å². The van der Waals surface area contributed by atoms with Crippen molar-refractivity contribution in [3.8, 4) is 0 Å². The van der Waals surface area contributed by atoms with E-state index in [1.807, 2.05) is 47.5 Å². The zero-order valence-corrected chi connectivity index (χ0v) is 19.2. The molecule has 0 unspecified atom stereocenters. The van der Waals surface area contributed by atoms with Crippen molar-refractivity contribution in [2.75, 3.05) is 19.6 Å². The molecule has 3 aromatic rings. The number of aromatic nitrogens is 1. The van der Waals surface area contributed by atoms with Crippen LogP contribution in [-0.2, 0) is 22.6 Å². The number of carbonyl (C=O) groups is 2. The molecule has 5 heteroatoms. The first-order chi connectivity index (χ1) is 16.2. The van der Waals surface area contributed by atoms with Gasteiger partial charge in [0.1, 0.15) is 0 Å². The maximum absolute atomic E-state index is 13.4. The summed E-state index contributed by atoms with van der Waals surface area (Å²) in [6, 6.07) is 18.4. The second-order valence-corrected chi connectivity index (χ2v) is 9.60. The SMILES string of the molecule is O=C(Cc1c[nH]c2ccccc12)N1CCC([C@H]2CCCCN(Cc3ccccc3)C2=O)CC1. The summed E-state index contributed by atoms with van der Waals surface area (Å²) in [6.45, 7) is 3.08. The topological polar surface area (TPSA) is 56.4 Å². The first-order valence-corrected chi connectivity index (χ1v) is 12.3. The summed E-state index contributed by atoms with van der Waals surface area (Å²) in [5.74, 6) is 0.990. The second kappa shape index (κ2) is 9.82. The maximum Gasteiger partial charge on any atom is 0.227 e. The van der Waals surface area contributed by atoms with Crippen molar-refractivity contribution in [1.82, 2.24) is 14.8 Å². The van der Waals surface area contributed by atoms with Gasteiger partial charge in [-0.3, -0.25) is 9.59 Å². The number of nitrogens with one attached hydrogen (secondary N) is 1. The minimum absolute atomic E-state index is 0.0991. The van der Waals surface area contributed by atoms with Crippen LogP contribution in [0.2, 0.25) is 0 Å². The monoisotopic (exact) mass is 443 g/mol. The molecule has 33 heavy (non-hydrogen) atoms. The van der Waals surface area contributed by atoms with Crippen LogP contribution < -0.4 is 0 Å². The van der Waals surface area contributed by atoms with Gasteiger partial charge < -0.3 is 14.8 Å². The van der Waals surface area contributed by atoms with Gasteiger partial charge in [-0.15, -0.1) is 0 Å². The van der Waals surface area contributed by atoms with Crippen LogP contribution in [0.25, 0.3) is 10.9 Å². The van der Waals surface area contributed by atoms with E-state index in [4.69, 9.17) is 0 Å². The molecule has 1 atom stereocenters. The van der Waals surface area contributed by atoms with Gasteiger partial charge in [0.25, 0.3) is 0 Å². The Labute approximate surface area is 195 Å². The third-order valence-corrected chi connectivity index (χ3v) is 7.52. The van der Waals surface area contributed by atoms with Crippen LogP contribution in [0.5, 0.6) is 0 Å². The molecular formula is C28H33N3O2. The molecule has 2 aromatic carbocycles. The van der Waals surface area contributed by atoms with E-state index >= 15 is 0 Å². The summed E-state index contributed by atoms with van der Waals surface area (Å²) >= 11 is 0. The molecule has 2 aliphatic heterocycles. The van der Waals surface area contributed by atoms with Crippen LogP contribution in [0.15, 0.2) is 60.8 Å². The molecule has 1 N–H and O–H groups in total. The summed E-state index contributed by atoms with van der Waals surface area (Å²) in [5.41, 5.74) is 3.34. The summed E-state index contributed by atoms with van der Waals surface area (Å²) < 4.78 is 0. The molecule has 2 aliphatic rings. The lowest BCUT2D eigenvalue weighted by Crippen LogP contribution is -2.44. The average Bonchev–Trinajstić information content (AvgIpc) is 3.17. The van der Waals surface area contributed by atoms with Crippen molar-refractivity contribution in [3.63, 3.8) is 0 Å². The van der Waals surface area contributed by atoms with Crippen LogP contribution in [0.3, 0.4) is 0 Å². The Morgan fingerprint density at radius 2 is 1.67 bits per heavy atom. The molecule has 0 saturated carbocycles. The molecular weight excluding hydrogens is 410 g/mol. The van der Waals surface area contributed by atoms with Gasteiger partial charge in [-0.2, -0.15) is 0 Å². The lowest BCUT2D eigenvalue weighted by molar-refractivity contribution is -0.138. The highest BCUT2D eigenvalue weighted by molar-refractivity contribution is 5.89.